The van der Waals surface area contributed by atoms with Crippen LogP contribution >= 0.6 is 11.8 Å². The average Bonchev–Trinajstić information content (AvgIpc) is 2.37. The smallest absolute Gasteiger partial charge is 0.128 e. The van der Waals surface area contributed by atoms with E-state index in [2.05, 4.69) is 17.0 Å². The van der Waals surface area contributed by atoms with Crippen molar-refractivity contribution in [3.8, 4) is 0 Å². The van der Waals surface area contributed by atoms with Gasteiger partial charge in [-0.2, -0.15) is 0 Å². The fraction of sp³-hybridized carbons (Fsp3) is 0.250. The fourth-order valence-corrected chi connectivity index (χ4v) is 3.01. The minimum absolute atomic E-state index is 0.256. The highest BCUT2D eigenvalue weighted by atomic mass is 32.2. The minimum Gasteiger partial charge on any atom is -0.398 e. The summed E-state index contributed by atoms with van der Waals surface area (Å²) in [6.07, 6.45) is 0. The summed E-state index contributed by atoms with van der Waals surface area (Å²) < 4.78 is 13.5. The van der Waals surface area contributed by atoms with Crippen LogP contribution in [0.25, 0.3) is 0 Å². The number of benzene rings is 2. The Hall–Kier alpha value is -1.52. The van der Waals surface area contributed by atoms with Gasteiger partial charge in [-0.25, -0.2) is 4.39 Å². The van der Waals surface area contributed by atoms with Gasteiger partial charge in [0.2, 0.25) is 0 Å². The number of aryl methyl sites for hydroxylation is 1. The second-order valence-electron chi connectivity index (χ2n) is 5.09. The fourth-order valence-electron chi connectivity index (χ4n) is 1.95. The SMILES string of the molecule is Cc1cc(Sc2ccccc2CN(C)C)c(N)cc1F. The van der Waals surface area contributed by atoms with Crippen LogP contribution in [0.5, 0.6) is 0 Å². The molecule has 0 spiro atoms. The van der Waals surface area contributed by atoms with E-state index in [4.69, 9.17) is 5.73 Å². The van der Waals surface area contributed by atoms with E-state index in [1.165, 1.54) is 11.6 Å². The molecule has 0 unspecified atom stereocenters. The van der Waals surface area contributed by atoms with Crippen LogP contribution in [0.3, 0.4) is 0 Å². The molecule has 2 aromatic carbocycles. The third kappa shape index (κ3) is 3.52. The van der Waals surface area contributed by atoms with Crippen LogP contribution in [0.2, 0.25) is 0 Å². The number of nitrogen functional groups attached to an aromatic ring is 1. The van der Waals surface area contributed by atoms with Gasteiger partial charge in [0.15, 0.2) is 0 Å². The highest BCUT2D eigenvalue weighted by Gasteiger charge is 2.09. The predicted molar refractivity (Wildman–Crippen MR) is 83.5 cm³/mol. The van der Waals surface area contributed by atoms with E-state index in [9.17, 15) is 4.39 Å². The number of hydrogen-bond acceptors (Lipinski definition) is 3. The lowest BCUT2D eigenvalue weighted by molar-refractivity contribution is 0.399. The van der Waals surface area contributed by atoms with Crippen molar-refractivity contribution in [2.45, 2.75) is 23.3 Å². The van der Waals surface area contributed by atoms with Crippen molar-refractivity contribution >= 4 is 17.4 Å². The van der Waals surface area contributed by atoms with Crippen LogP contribution < -0.4 is 5.73 Å². The minimum atomic E-state index is -0.256. The zero-order valence-electron chi connectivity index (χ0n) is 12.0. The predicted octanol–water partition coefficient (Wildman–Crippen LogP) is 3.93. The molecular weight excluding hydrogens is 271 g/mol. The molecule has 106 valence electrons. The molecule has 0 aliphatic rings. The van der Waals surface area contributed by atoms with Crippen LogP contribution in [0.1, 0.15) is 11.1 Å². The molecule has 0 fully saturated rings. The Morgan fingerprint density at radius 1 is 1.15 bits per heavy atom. The van der Waals surface area contributed by atoms with Gasteiger partial charge in [0.05, 0.1) is 0 Å². The topological polar surface area (TPSA) is 29.3 Å². The van der Waals surface area contributed by atoms with E-state index in [0.717, 1.165) is 16.3 Å². The Bertz CT molecular complexity index is 611. The monoisotopic (exact) mass is 290 g/mol. The van der Waals surface area contributed by atoms with Crippen LogP contribution in [-0.2, 0) is 6.54 Å². The molecule has 0 aromatic heterocycles. The Kier molecular flexibility index (Phi) is 4.68. The highest BCUT2D eigenvalue weighted by molar-refractivity contribution is 7.99. The summed E-state index contributed by atoms with van der Waals surface area (Å²) in [4.78, 5) is 4.17. The molecule has 2 nitrogen and oxygen atoms in total. The highest BCUT2D eigenvalue weighted by Crippen LogP contribution is 2.35. The first kappa shape index (κ1) is 14.9. The largest absolute Gasteiger partial charge is 0.398 e. The molecule has 0 radical (unpaired) electrons. The molecule has 0 saturated carbocycles. The lowest BCUT2D eigenvalue weighted by Gasteiger charge is -2.15. The van der Waals surface area contributed by atoms with Crippen molar-refractivity contribution in [3.05, 3.63) is 53.3 Å². The third-order valence-electron chi connectivity index (χ3n) is 2.97. The second kappa shape index (κ2) is 6.29. The standard InChI is InChI=1S/C16H19FN2S/c1-11-8-16(14(18)9-13(11)17)20-15-7-5-4-6-12(15)10-19(2)3/h4-9H,10,18H2,1-3H3. The van der Waals surface area contributed by atoms with E-state index in [1.807, 2.05) is 32.3 Å². The Morgan fingerprint density at radius 2 is 1.85 bits per heavy atom. The number of nitrogens with two attached hydrogens (primary N) is 1. The molecule has 0 saturated heterocycles. The molecule has 0 aliphatic carbocycles. The molecule has 0 aliphatic heterocycles. The third-order valence-corrected chi connectivity index (χ3v) is 4.16. The lowest BCUT2D eigenvalue weighted by Crippen LogP contribution is -2.11. The van der Waals surface area contributed by atoms with E-state index < -0.39 is 0 Å². The quantitative estimate of drug-likeness (QED) is 0.865. The number of nitrogens with zero attached hydrogens (tertiary/aromatic N) is 1. The van der Waals surface area contributed by atoms with Crippen molar-refractivity contribution in [2.24, 2.45) is 0 Å². The first-order valence-corrected chi connectivity index (χ1v) is 7.25. The summed E-state index contributed by atoms with van der Waals surface area (Å²) in [5.41, 5.74) is 8.26. The van der Waals surface area contributed by atoms with Crippen LogP contribution in [0.4, 0.5) is 10.1 Å². The van der Waals surface area contributed by atoms with E-state index in [-0.39, 0.29) is 5.82 Å². The van der Waals surface area contributed by atoms with Gasteiger partial charge in [-0.15, -0.1) is 0 Å². The van der Waals surface area contributed by atoms with Crippen LogP contribution in [0, 0.1) is 12.7 Å². The normalized spacial score (nSPS) is 11.1. The lowest BCUT2D eigenvalue weighted by atomic mass is 10.2. The van der Waals surface area contributed by atoms with Crippen molar-refractivity contribution in [1.82, 2.24) is 4.90 Å². The van der Waals surface area contributed by atoms with Crippen molar-refractivity contribution in [2.75, 3.05) is 19.8 Å². The maximum Gasteiger partial charge on any atom is 0.128 e. The van der Waals surface area contributed by atoms with E-state index in [0.29, 0.717) is 11.3 Å². The zero-order chi connectivity index (χ0) is 14.7. The maximum atomic E-state index is 13.5. The number of halogens is 1. The summed E-state index contributed by atoms with van der Waals surface area (Å²) in [6.45, 7) is 2.62. The number of hydrogen-bond donors (Lipinski definition) is 1. The van der Waals surface area contributed by atoms with E-state index >= 15 is 0 Å². The molecule has 0 bridgehead atoms. The van der Waals surface area contributed by atoms with Crippen molar-refractivity contribution in [1.29, 1.82) is 0 Å². The van der Waals surface area contributed by atoms with Gasteiger partial charge in [-0.1, -0.05) is 30.0 Å². The maximum absolute atomic E-state index is 13.5. The van der Waals surface area contributed by atoms with Crippen molar-refractivity contribution < 1.29 is 4.39 Å². The molecule has 2 rings (SSSR count). The van der Waals surface area contributed by atoms with Gasteiger partial charge in [0.25, 0.3) is 0 Å². The molecule has 20 heavy (non-hydrogen) atoms. The van der Waals surface area contributed by atoms with Crippen molar-refractivity contribution in [3.63, 3.8) is 0 Å². The Labute approximate surface area is 123 Å². The van der Waals surface area contributed by atoms with Gasteiger partial charge < -0.3 is 10.6 Å². The van der Waals surface area contributed by atoms with Gasteiger partial charge in [0.1, 0.15) is 5.82 Å². The van der Waals surface area contributed by atoms with Crippen LogP contribution in [0.15, 0.2) is 46.2 Å². The summed E-state index contributed by atoms with van der Waals surface area (Å²) in [7, 11) is 4.08. The summed E-state index contributed by atoms with van der Waals surface area (Å²) in [6, 6.07) is 11.4. The first-order chi connectivity index (χ1) is 9.47. The average molecular weight is 290 g/mol. The number of rotatable bonds is 4. The Morgan fingerprint density at radius 3 is 2.55 bits per heavy atom. The second-order valence-corrected chi connectivity index (χ2v) is 6.17. The van der Waals surface area contributed by atoms with Gasteiger partial charge in [-0.05, 0) is 50.3 Å². The summed E-state index contributed by atoms with van der Waals surface area (Å²) >= 11 is 1.59. The first-order valence-electron chi connectivity index (χ1n) is 6.43. The number of anilines is 1. The molecular formula is C16H19FN2S. The molecule has 2 N–H and O–H groups in total. The molecule has 0 heterocycles. The molecule has 4 heteroatoms. The van der Waals surface area contributed by atoms with Gasteiger partial charge in [0, 0.05) is 22.0 Å². The molecule has 0 amide bonds. The molecule has 2 aromatic rings. The van der Waals surface area contributed by atoms with Crippen LogP contribution in [-0.4, -0.2) is 19.0 Å². The van der Waals surface area contributed by atoms with E-state index in [1.54, 1.807) is 18.7 Å². The Balaban J connectivity index is 2.33. The van der Waals surface area contributed by atoms with Gasteiger partial charge >= 0.3 is 0 Å². The van der Waals surface area contributed by atoms with Gasteiger partial charge in [-0.3, -0.25) is 0 Å². The molecule has 0 atom stereocenters. The summed E-state index contributed by atoms with van der Waals surface area (Å²) in [5, 5.41) is 0. The summed E-state index contributed by atoms with van der Waals surface area (Å²) in [5.74, 6) is -0.256. The zero-order valence-corrected chi connectivity index (χ0v) is 12.8.